The van der Waals surface area contributed by atoms with Crippen molar-refractivity contribution in [3.63, 3.8) is 0 Å². The Morgan fingerprint density at radius 3 is 2.55 bits per heavy atom. The summed E-state index contributed by atoms with van der Waals surface area (Å²) in [6.07, 6.45) is 6.69. The molecule has 5 aromatic rings. The minimum absolute atomic E-state index is 0. The molecular weight excluding hydrogens is 659 g/mol. The van der Waals surface area contributed by atoms with Crippen LogP contribution in [0.25, 0.3) is 16.9 Å². The molecule has 1 aliphatic carbocycles. The number of halogens is 2. The first kappa shape index (κ1) is 33.0. The Labute approximate surface area is 287 Å². The van der Waals surface area contributed by atoms with Crippen LogP contribution < -0.4 is 15.4 Å². The van der Waals surface area contributed by atoms with Crippen LogP contribution in [0.5, 0.6) is 5.75 Å². The molecule has 1 aliphatic heterocycles. The van der Waals surface area contributed by atoms with Gasteiger partial charge in [0.2, 0.25) is 0 Å². The second-order valence-electron chi connectivity index (χ2n) is 11.9. The Morgan fingerprint density at radius 1 is 1.11 bits per heavy atom. The Balaban J connectivity index is 0.00000386. The Bertz CT molecular complexity index is 1950. The third-order valence-corrected chi connectivity index (χ3v) is 10.8. The average molecular weight is 694 g/mol. The molecule has 4 heterocycles. The molecule has 2 aliphatic rings. The molecule has 0 bridgehead atoms. The molecule has 4 N–H and O–H groups in total. The first-order chi connectivity index (χ1) is 22.2. The molecule has 1 spiro atoms. The Hall–Kier alpha value is -3.87. The number of aryl methyl sites for hydroxylation is 1. The zero-order chi connectivity index (χ0) is 32.0. The molecule has 1 atom stereocenters. The number of ether oxygens (including phenoxy) is 1. The summed E-state index contributed by atoms with van der Waals surface area (Å²) in [4.78, 5) is 28.3. The highest BCUT2D eigenvalue weighted by Gasteiger charge is 2.46. The number of pyridine rings is 1. The summed E-state index contributed by atoms with van der Waals surface area (Å²) in [7, 11) is 0. The smallest absolute Gasteiger partial charge is 0.341 e. The molecular formula is C34H34Cl2N6O4S. The number of anilines is 1. The fraction of sp³-hybridized carbons (Fsp3) is 0.294. The van der Waals surface area contributed by atoms with E-state index >= 15 is 0 Å². The summed E-state index contributed by atoms with van der Waals surface area (Å²) in [6.45, 7) is 2.91. The number of imidazole rings is 1. The summed E-state index contributed by atoms with van der Waals surface area (Å²) in [5.74, 6) is 0.153. The molecule has 0 amide bonds. The van der Waals surface area contributed by atoms with E-state index in [1.807, 2.05) is 41.9 Å². The van der Waals surface area contributed by atoms with Crippen molar-refractivity contribution >= 4 is 53.2 Å². The molecule has 244 valence electrons. The molecule has 0 radical (unpaired) electrons. The van der Waals surface area contributed by atoms with Gasteiger partial charge in [-0.1, -0.05) is 47.6 Å². The number of hydrogen-bond acceptors (Lipinski definition) is 9. The fourth-order valence-electron chi connectivity index (χ4n) is 6.64. The summed E-state index contributed by atoms with van der Waals surface area (Å²) < 4.78 is 7.08. The largest absolute Gasteiger partial charge is 0.482 e. The molecule has 2 aromatic carbocycles. The summed E-state index contributed by atoms with van der Waals surface area (Å²) in [5.41, 5.74) is 12.9. The zero-order valence-electron chi connectivity index (χ0n) is 25.6. The fourth-order valence-corrected chi connectivity index (χ4v) is 7.83. The van der Waals surface area contributed by atoms with Gasteiger partial charge in [-0.15, -0.1) is 12.4 Å². The first-order valence-electron chi connectivity index (χ1n) is 15.1. The van der Waals surface area contributed by atoms with E-state index in [1.54, 1.807) is 12.1 Å². The number of aliphatic hydroxyl groups is 1. The minimum atomic E-state index is -1.03. The van der Waals surface area contributed by atoms with Crippen LogP contribution in [-0.2, 0) is 17.8 Å². The van der Waals surface area contributed by atoms with Crippen molar-refractivity contribution in [2.45, 2.75) is 48.8 Å². The van der Waals surface area contributed by atoms with Crippen LogP contribution in [0.1, 0.15) is 41.4 Å². The van der Waals surface area contributed by atoms with Crippen molar-refractivity contribution in [3.05, 3.63) is 94.5 Å². The van der Waals surface area contributed by atoms with Crippen LogP contribution >= 0.6 is 35.8 Å². The van der Waals surface area contributed by atoms with Gasteiger partial charge in [-0.3, -0.25) is 0 Å². The number of rotatable bonds is 8. The van der Waals surface area contributed by atoms with Gasteiger partial charge < -0.3 is 30.0 Å². The number of aliphatic carboxylic acids is 1. The van der Waals surface area contributed by atoms with Crippen LogP contribution in [0.4, 0.5) is 5.82 Å². The molecule has 7 rings (SSSR count). The van der Waals surface area contributed by atoms with Crippen molar-refractivity contribution in [2.24, 2.45) is 11.1 Å². The van der Waals surface area contributed by atoms with Crippen LogP contribution in [0, 0.1) is 12.3 Å². The van der Waals surface area contributed by atoms with E-state index in [4.69, 9.17) is 42.1 Å². The van der Waals surface area contributed by atoms with Crippen molar-refractivity contribution in [1.82, 2.24) is 19.4 Å². The van der Waals surface area contributed by atoms with Gasteiger partial charge in [-0.25, -0.2) is 19.7 Å². The lowest BCUT2D eigenvalue weighted by atomic mass is 9.73. The monoisotopic (exact) mass is 692 g/mol. The SMILES string of the molecule is Cc1nc(N2CCC3(CC2)Cc2ccccc2[C@H]3N)c(CO)nc1Sc1ccn2cc(-c3ccc(OCC(=O)O)cc3)nc2c1Cl.Cl. The number of benzene rings is 2. The quantitative estimate of drug-likeness (QED) is 0.174. The van der Waals surface area contributed by atoms with Gasteiger partial charge >= 0.3 is 5.97 Å². The van der Waals surface area contributed by atoms with E-state index in [0.717, 1.165) is 54.3 Å². The van der Waals surface area contributed by atoms with E-state index in [9.17, 15) is 9.90 Å². The van der Waals surface area contributed by atoms with Crippen molar-refractivity contribution < 1.29 is 19.7 Å². The van der Waals surface area contributed by atoms with Gasteiger partial charge in [-0.05, 0) is 73.1 Å². The van der Waals surface area contributed by atoms with Gasteiger partial charge in [0, 0.05) is 42.0 Å². The van der Waals surface area contributed by atoms with Gasteiger partial charge in [0.25, 0.3) is 0 Å². The van der Waals surface area contributed by atoms with Crippen molar-refractivity contribution in [2.75, 3.05) is 24.6 Å². The number of nitrogens with two attached hydrogens (primary N) is 1. The summed E-state index contributed by atoms with van der Waals surface area (Å²) >= 11 is 8.27. The molecule has 3 aromatic heterocycles. The van der Waals surface area contributed by atoms with Gasteiger partial charge in [0.05, 0.1) is 23.0 Å². The number of nitrogens with zero attached hydrogens (tertiary/aromatic N) is 5. The highest BCUT2D eigenvalue weighted by atomic mass is 35.5. The highest BCUT2D eigenvalue weighted by molar-refractivity contribution is 7.99. The predicted molar refractivity (Wildman–Crippen MR) is 184 cm³/mol. The number of carboxylic acid groups (broad SMARTS) is 1. The molecule has 47 heavy (non-hydrogen) atoms. The number of aromatic nitrogens is 4. The van der Waals surface area contributed by atoms with Crippen molar-refractivity contribution in [3.8, 4) is 17.0 Å². The Morgan fingerprint density at radius 2 is 1.85 bits per heavy atom. The van der Waals surface area contributed by atoms with Crippen LogP contribution in [0.15, 0.2) is 76.9 Å². The van der Waals surface area contributed by atoms with Gasteiger partial charge in [-0.2, -0.15) is 0 Å². The maximum atomic E-state index is 10.8. The lowest BCUT2D eigenvalue weighted by Crippen LogP contribution is -2.45. The number of fused-ring (bicyclic) bond motifs is 2. The third-order valence-electron chi connectivity index (χ3n) is 9.13. The standard InChI is InChI=1S/C34H33ClN6O4S.ClH/c1-20-33(39-26(18-42)31(37-20)40-14-11-34(12-15-40)16-22-4-2-3-5-24(22)30(34)36)46-27-10-13-41-17-25(38-32(41)29(27)35)21-6-8-23(9-7-21)45-19-28(43)44;/h2-10,13,17,30,42H,11-12,14-16,18-19,36H2,1H3,(H,43,44);1H/t30-;/m1./s1. The molecule has 13 heteroatoms. The molecule has 0 saturated carbocycles. The zero-order valence-corrected chi connectivity index (χ0v) is 28.0. The van der Waals surface area contributed by atoms with E-state index in [1.165, 1.54) is 22.9 Å². The molecule has 10 nitrogen and oxygen atoms in total. The van der Waals surface area contributed by atoms with Crippen LogP contribution in [-0.4, -0.2) is 55.2 Å². The molecule has 1 saturated heterocycles. The molecule has 0 unspecified atom stereocenters. The highest BCUT2D eigenvalue weighted by Crippen LogP contribution is 2.51. The lowest BCUT2D eigenvalue weighted by Gasteiger charge is -2.43. The molecule has 1 fully saturated rings. The van der Waals surface area contributed by atoms with E-state index in [-0.39, 0.29) is 30.5 Å². The second-order valence-corrected chi connectivity index (χ2v) is 13.3. The van der Waals surface area contributed by atoms with Crippen LogP contribution in [0.3, 0.4) is 0 Å². The number of carbonyl (C=O) groups is 1. The minimum Gasteiger partial charge on any atom is -0.482 e. The van der Waals surface area contributed by atoms with Crippen LogP contribution in [0.2, 0.25) is 5.02 Å². The average Bonchev–Trinajstić information content (AvgIpc) is 3.62. The predicted octanol–water partition coefficient (Wildman–Crippen LogP) is 6.12. The van der Waals surface area contributed by atoms with E-state index in [2.05, 4.69) is 29.2 Å². The lowest BCUT2D eigenvalue weighted by molar-refractivity contribution is -0.139. The second kappa shape index (κ2) is 13.3. The number of piperidine rings is 1. The number of hydrogen-bond donors (Lipinski definition) is 3. The van der Waals surface area contributed by atoms with Gasteiger partial charge in [0.1, 0.15) is 16.5 Å². The maximum absolute atomic E-state index is 10.8. The van der Waals surface area contributed by atoms with E-state index in [0.29, 0.717) is 32.8 Å². The first-order valence-corrected chi connectivity index (χ1v) is 16.3. The normalized spacial score (nSPS) is 16.7. The van der Waals surface area contributed by atoms with Crippen molar-refractivity contribution in [1.29, 1.82) is 0 Å². The third kappa shape index (κ3) is 6.26. The summed E-state index contributed by atoms with van der Waals surface area (Å²) in [5, 5.41) is 20.3. The topological polar surface area (TPSA) is 139 Å². The maximum Gasteiger partial charge on any atom is 0.341 e. The number of carboxylic acids is 1. The van der Waals surface area contributed by atoms with Gasteiger partial charge in [0.15, 0.2) is 18.1 Å². The van der Waals surface area contributed by atoms with E-state index < -0.39 is 12.6 Å². The summed E-state index contributed by atoms with van der Waals surface area (Å²) in [6, 6.07) is 17.5. The Kier molecular flexibility index (Phi) is 9.37. The number of aliphatic hydroxyl groups excluding tert-OH is 1.